The molecule has 2 aliphatic heterocycles. The van der Waals surface area contributed by atoms with Crippen molar-refractivity contribution in [2.75, 3.05) is 33.3 Å². The van der Waals surface area contributed by atoms with Crippen molar-refractivity contribution >= 4 is 5.91 Å². The van der Waals surface area contributed by atoms with Gasteiger partial charge in [0.1, 0.15) is 5.76 Å². The van der Waals surface area contributed by atoms with Crippen LogP contribution in [-0.2, 0) is 11.3 Å². The van der Waals surface area contributed by atoms with Crippen LogP contribution in [0.5, 0.6) is 0 Å². The maximum absolute atomic E-state index is 12.6. The third kappa shape index (κ3) is 3.50. The second kappa shape index (κ2) is 7.06. The minimum Gasteiger partial charge on any atom is -0.468 e. The predicted octanol–water partition coefficient (Wildman–Crippen LogP) is 2.48. The maximum atomic E-state index is 12.6. The molecule has 2 aromatic heterocycles. The Labute approximate surface area is 147 Å². The molecule has 0 bridgehead atoms. The average Bonchev–Trinajstić information content (AvgIpc) is 3.36. The molecule has 4 rings (SSSR count). The second-order valence-electron chi connectivity index (χ2n) is 7.09. The molecule has 4 heterocycles. The van der Waals surface area contributed by atoms with Crippen molar-refractivity contribution in [1.82, 2.24) is 9.80 Å². The molecule has 134 valence electrons. The lowest BCUT2D eigenvalue weighted by Gasteiger charge is -2.36. The number of nitrogens with zero attached hydrogens (tertiary/aromatic N) is 2. The van der Waals surface area contributed by atoms with Gasteiger partial charge in [-0.3, -0.25) is 9.69 Å². The molecule has 2 aromatic rings. The Morgan fingerprint density at radius 2 is 2.12 bits per heavy atom. The first-order valence-corrected chi connectivity index (χ1v) is 8.86. The van der Waals surface area contributed by atoms with E-state index in [1.165, 1.54) is 0 Å². The first-order valence-electron chi connectivity index (χ1n) is 8.86. The lowest BCUT2D eigenvalue weighted by atomic mass is 9.84. The van der Waals surface area contributed by atoms with Gasteiger partial charge in [0.15, 0.2) is 5.76 Å². The van der Waals surface area contributed by atoms with Crippen molar-refractivity contribution in [3.8, 4) is 0 Å². The fourth-order valence-corrected chi connectivity index (χ4v) is 4.00. The van der Waals surface area contributed by atoms with Crippen LogP contribution in [0.1, 0.15) is 22.7 Å². The predicted molar refractivity (Wildman–Crippen MR) is 91.0 cm³/mol. The van der Waals surface area contributed by atoms with E-state index in [1.54, 1.807) is 24.7 Å². The van der Waals surface area contributed by atoms with Gasteiger partial charge in [0.25, 0.3) is 5.91 Å². The van der Waals surface area contributed by atoms with Gasteiger partial charge >= 0.3 is 0 Å². The van der Waals surface area contributed by atoms with Gasteiger partial charge in [-0.15, -0.1) is 0 Å². The zero-order valence-electron chi connectivity index (χ0n) is 14.5. The standard InChI is InChI=1S/C19H24N2O4/c1-20(10-15-4-2-8-23-15)12-18-16-11-21(7-6-14(16)13-25-18)19(22)17-5-3-9-24-17/h2-5,8-9,14,16,18H,6-7,10-13H2,1H3/t14-,16-,18+/m1/s1. The quantitative estimate of drug-likeness (QED) is 0.834. The number of ether oxygens (including phenoxy) is 1. The number of carbonyl (C=O) groups is 1. The highest BCUT2D eigenvalue weighted by atomic mass is 16.5. The number of carbonyl (C=O) groups excluding carboxylic acids is 1. The van der Waals surface area contributed by atoms with E-state index in [9.17, 15) is 4.79 Å². The molecule has 0 radical (unpaired) electrons. The minimum absolute atomic E-state index is 0.0157. The zero-order chi connectivity index (χ0) is 17.2. The van der Waals surface area contributed by atoms with Gasteiger partial charge in [-0.2, -0.15) is 0 Å². The summed E-state index contributed by atoms with van der Waals surface area (Å²) in [6.45, 7) is 3.92. The minimum atomic E-state index is -0.0157. The van der Waals surface area contributed by atoms with Gasteiger partial charge in [0, 0.05) is 25.6 Å². The number of likely N-dealkylation sites (tertiary alicyclic amines) is 1. The molecular weight excluding hydrogens is 320 g/mol. The number of rotatable bonds is 5. The first-order chi connectivity index (χ1) is 12.2. The zero-order valence-corrected chi connectivity index (χ0v) is 14.5. The highest BCUT2D eigenvalue weighted by Gasteiger charge is 2.42. The summed E-state index contributed by atoms with van der Waals surface area (Å²) < 4.78 is 16.8. The van der Waals surface area contributed by atoms with Crippen molar-refractivity contribution in [1.29, 1.82) is 0 Å². The number of fused-ring (bicyclic) bond motifs is 1. The molecule has 6 nitrogen and oxygen atoms in total. The third-order valence-corrected chi connectivity index (χ3v) is 5.33. The van der Waals surface area contributed by atoms with E-state index in [0.717, 1.165) is 45.0 Å². The summed E-state index contributed by atoms with van der Waals surface area (Å²) in [7, 11) is 2.08. The molecule has 0 saturated carbocycles. The Kier molecular flexibility index (Phi) is 4.63. The SMILES string of the molecule is CN(Cc1ccco1)C[C@@H]1OC[C@H]2CCN(C(=O)c3ccco3)C[C@H]21. The summed E-state index contributed by atoms with van der Waals surface area (Å²) in [6, 6.07) is 7.38. The number of furan rings is 2. The van der Waals surface area contributed by atoms with Crippen molar-refractivity contribution in [2.24, 2.45) is 11.8 Å². The molecule has 0 spiro atoms. The topological polar surface area (TPSA) is 59.1 Å². The van der Waals surface area contributed by atoms with E-state index >= 15 is 0 Å². The van der Waals surface area contributed by atoms with Crippen LogP contribution in [0, 0.1) is 11.8 Å². The summed E-state index contributed by atoms with van der Waals surface area (Å²) in [6.07, 6.45) is 4.39. The van der Waals surface area contributed by atoms with E-state index in [-0.39, 0.29) is 12.0 Å². The molecule has 2 aliphatic rings. The average molecular weight is 344 g/mol. The lowest BCUT2D eigenvalue weighted by molar-refractivity contribution is 0.0406. The molecule has 2 saturated heterocycles. The smallest absolute Gasteiger partial charge is 0.289 e. The number of piperidine rings is 1. The third-order valence-electron chi connectivity index (χ3n) is 5.33. The van der Waals surface area contributed by atoms with Crippen LogP contribution in [0.25, 0.3) is 0 Å². The summed E-state index contributed by atoms with van der Waals surface area (Å²) >= 11 is 0. The highest BCUT2D eigenvalue weighted by Crippen LogP contribution is 2.35. The van der Waals surface area contributed by atoms with Gasteiger partial charge in [0.05, 0.1) is 31.8 Å². The van der Waals surface area contributed by atoms with Crippen LogP contribution >= 0.6 is 0 Å². The monoisotopic (exact) mass is 344 g/mol. The Balaban J connectivity index is 1.37. The number of hydrogen-bond donors (Lipinski definition) is 0. The van der Waals surface area contributed by atoms with E-state index in [2.05, 4.69) is 11.9 Å². The Morgan fingerprint density at radius 3 is 2.88 bits per heavy atom. The fraction of sp³-hybridized carbons (Fsp3) is 0.526. The van der Waals surface area contributed by atoms with Gasteiger partial charge in [-0.05, 0) is 43.7 Å². The fourth-order valence-electron chi connectivity index (χ4n) is 4.00. The number of hydrogen-bond acceptors (Lipinski definition) is 5. The largest absolute Gasteiger partial charge is 0.468 e. The van der Waals surface area contributed by atoms with Crippen molar-refractivity contribution in [2.45, 2.75) is 19.1 Å². The highest BCUT2D eigenvalue weighted by molar-refractivity contribution is 5.91. The second-order valence-corrected chi connectivity index (χ2v) is 7.09. The van der Waals surface area contributed by atoms with E-state index in [4.69, 9.17) is 13.6 Å². The van der Waals surface area contributed by atoms with Crippen LogP contribution in [0.15, 0.2) is 45.6 Å². The van der Waals surface area contributed by atoms with Gasteiger partial charge in [-0.1, -0.05) is 0 Å². The van der Waals surface area contributed by atoms with Crippen LogP contribution in [0.4, 0.5) is 0 Å². The van der Waals surface area contributed by atoms with Gasteiger partial charge in [0.2, 0.25) is 0 Å². The Bertz CT molecular complexity index is 682. The molecule has 0 aromatic carbocycles. The van der Waals surface area contributed by atoms with Gasteiger partial charge in [-0.25, -0.2) is 0 Å². The maximum Gasteiger partial charge on any atom is 0.289 e. The van der Waals surface area contributed by atoms with E-state index < -0.39 is 0 Å². The van der Waals surface area contributed by atoms with Crippen LogP contribution in [-0.4, -0.2) is 55.1 Å². The van der Waals surface area contributed by atoms with E-state index in [1.807, 2.05) is 17.0 Å². The summed E-state index contributed by atoms with van der Waals surface area (Å²) in [5.74, 6) is 2.28. The number of amides is 1. The molecule has 0 N–H and O–H groups in total. The molecule has 1 amide bonds. The van der Waals surface area contributed by atoms with Crippen molar-refractivity contribution in [3.05, 3.63) is 48.3 Å². The lowest BCUT2D eigenvalue weighted by Crippen LogP contribution is -2.47. The summed E-state index contributed by atoms with van der Waals surface area (Å²) in [5.41, 5.74) is 0. The normalized spacial score (nSPS) is 26.2. The van der Waals surface area contributed by atoms with Crippen LogP contribution < -0.4 is 0 Å². The van der Waals surface area contributed by atoms with E-state index in [0.29, 0.717) is 17.6 Å². The molecule has 3 atom stereocenters. The Morgan fingerprint density at radius 1 is 1.28 bits per heavy atom. The van der Waals surface area contributed by atoms with Crippen LogP contribution in [0.3, 0.4) is 0 Å². The van der Waals surface area contributed by atoms with Gasteiger partial charge < -0.3 is 18.5 Å². The van der Waals surface area contributed by atoms with Crippen molar-refractivity contribution in [3.63, 3.8) is 0 Å². The summed E-state index contributed by atoms with van der Waals surface area (Å²) in [4.78, 5) is 16.7. The Hall–Kier alpha value is -2.05. The first kappa shape index (κ1) is 16.4. The molecule has 6 heteroatoms. The molecule has 0 unspecified atom stereocenters. The molecule has 25 heavy (non-hydrogen) atoms. The molecule has 0 aliphatic carbocycles. The molecular formula is C19H24N2O4. The number of likely N-dealkylation sites (N-methyl/N-ethyl adjacent to an activating group) is 1. The van der Waals surface area contributed by atoms with Crippen molar-refractivity contribution < 1.29 is 18.4 Å². The van der Waals surface area contributed by atoms with Crippen LogP contribution in [0.2, 0.25) is 0 Å². The summed E-state index contributed by atoms with van der Waals surface area (Å²) in [5, 5.41) is 0. The molecule has 2 fully saturated rings.